The molecular weight excluding hydrogens is 1090 g/mol. The zero-order valence-electron chi connectivity index (χ0n) is 46.3. The quantitative estimate of drug-likeness (QED) is 0.0992. The summed E-state index contributed by atoms with van der Waals surface area (Å²) in [4.78, 5) is 76.7. The third-order valence-corrected chi connectivity index (χ3v) is 15.5. The van der Waals surface area contributed by atoms with E-state index in [9.17, 15) is 28.8 Å². The molecule has 75 heavy (non-hydrogen) atoms. The van der Waals surface area contributed by atoms with Crippen LogP contribution in [0.15, 0.2) is 97.1 Å². The van der Waals surface area contributed by atoms with Gasteiger partial charge in [0.05, 0.1) is 11.6 Å². The van der Waals surface area contributed by atoms with Crippen molar-refractivity contribution >= 4 is 35.4 Å². The molecule has 0 saturated carbocycles. The Hall–Kier alpha value is -3.93. The van der Waals surface area contributed by atoms with Gasteiger partial charge in [-0.3, -0.25) is 14.4 Å². The van der Waals surface area contributed by atoms with Gasteiger partial charge < -0.3 is 54.7 Å². The maximum atomic E-state index is 13.3. The molecule has 0 bridgehead atoms. The first-order chi connectivity index (χ1) is 34.8. The standard InChI is InChI=1S/C29H35N2O3.C15H18NO3.C13H18N2O.2C2H6.2Y/c1-19-25(21-8-6-5-7-9-21)17-24(27(33)31(19)4)18-26(32)23-11-10-20-12-14-29(2,28(34)30-3)15-13-22(20)16-23;1-15(14(19)16-2)7-5-10-3-4-12(13(17)18)9-11(10)6-8-15;1-9-11(10-6-4-3-5-7-10)8-12(14)13(16)15(9)2;2*1-2;;/h5-11,16,19,24-25H,2,12-15,17-18H2,1,3-4H3,(H,30,34);3-4,9H,1,5-8H2,2H3,(H2,16,17,18,19);3-7,9,11-12H,8,14H2,1-2H3;2*1-2H3;;/q2*-1;;;;;/p-2/t19-,24-,25-,29?;;9-,11-,12+;;;;/m1.1..../s1. The monoisotopic (exact) mass is 1170 g/mol. The molecule has 4 aliphatic rings. The SMILES string of the molecule is CC.CC.C[C@@H]1[C@H](c2ccccc2)C[C@H](N)C(=O)N1C.[CH2-]C1(C(=O)[N-]C)CCc2ccc(C(=O)C[C@H]3C[C@@H](c4ccccc4)[C@@H](C)N(C)C3=O)cc2CC1.[CH2-]C1(C(=O)[N-]C)CCc2ccc(C(=O)O)cc2CC1.[Y].[Y]. The van der Waals surface area contributed by atoms with Crippen molar-refractivity contribution in [2.24, 2.45) is 22.5 Å². The number of carboxylic acids is 1. The molecule has 4 aromatic carbocycles. The molecule has 2 aliphatic heterocycles. The number of fused-ring (bicyclic) bond motifs is 2. The Labute approximate surface area is 499 Å². The second kappa shape index (κ2) is 31.5. The Morgan fingerprint density at radius 1 is 0.600 bits per heavy atom. The first kappa shape index (κ1) is 67.2. The van der Waals surface area contributed by atoms with Crippen molar-refractivity contribution in [3.05, 3.63) is 166 Å². The number of carbonyl (C=O) groups excluding carboxylic acids is 5. The van der Waals surface area contributed by atoms with Crippen LogP contribution in [0, 0.1) is 30.6 Å². The first-order valence-corrected chi connectivity index (χ1v) is 26.2. The number of aryl methyl sites for hydroxylation is 4. The van der Waals surface area contributed by atoms with Crippen molar-refractivity contribution in [2.75, 3.05) is 28.2 Å². The summed E-state index contributed by atoms with van der Waals surface area (Å²) in [5.74, 6) is -0.912. The maximum Gasteiger partial charge on any atom is 0.335 e. The number of hydrogen-bond donors (Lipinski definition) is 2. The molecule has 2 unspecified atom stereocenters. The van der Waals surface area contributed by atoms with E-state index in [0.717, 1.165) is 41.5 Å². The molecule has 0 aromatic heterocycles. The number of Topliss-reactive ketones (excluding diaryl/α,β-unsaturated/α-hetero) is 1. The molecule has 2 radical (unpaired) electrons. The molecule has 12 nitrogen and oxygen atoms in total. The molecule has 0 spiro atoms. The molecule has 2 aliphatic carbocycles. The van der Waals surface area contributed by atoms with E-state index in [1.165, 1.54) is 25.2 Å². The number of piperidine rings is 2. The topological polar surface area (TPSA) is 183 Å². The van der Waals surface area contributed by atoms with Crippen LogP contribution in [0.2, 0.25) is 0 Å². The van der Waals surface area contributed by atoms with Gasteiger partial charge in [0, 0.05) is 133 Å². The minimum atomic E-state index is -0.924. The van der Waals surface area contributed by atoms with E-state index in [1.807, 2.05) is 102 Å². The Kier molecular flexibility index (Phi) is 28.2. The average Bonchev–Trinajstić information content (AvgIpc) is 3.71. The van der Waals surface area contributed by atoms with E-state index in [1.54, 1.807) is 21.9 Å². The Bertz CT molecular complexity index is 2510. The van der Waals surface area contributed by atoms with Gasteiger partial charge in [-0.1, -0.05) is 132 Å². The molecule has 2 heterocycles. The van der Waals surface area contributed by atoms with E-state index in [-0.39, 0.29) is 131 Å². The smallest absolute Gasteiger partial charge is 0.335 e. The van der Waals surface area contributed by atoms with Crippen LogP contribution < -0.4 is 5.73 Å². The number of likely N-dealkylation sites (N-methyl/N-ethyl adjacent to an activating group) is 2. The predicted octanol–water partition coefficient (Wildman–Crippen LogP) is 11.1. The van der Waals surface area contributed by atoms with Crippen molar-refractivity contribution in [1.29, 1.82) is 0 Å². The summed E-state index contributed by atoms with van der Waals surface area (Å²) >= 11 is 0. The number of likely N-dealkylation sites (tertiary alicyclic amines) is 2. The molecular formula is C61H81N5O7Y2-4. The molecule has 4 amide bonds. The summed E-state index contributed by atoms with van der Waals surface area (Å²) in [5.41, 5.74) is 12.3. The van der Waals surface area contributed by atoms with Gasteiger partial charge in [-0.05, 0) is 104 Å². The number of aromatic carboxylic acids is 1. The van der Waals surface area contributed by atoms with Gasteiger partial charge >= 0.3 is 5.97 Å². The minimum absolute atomic E-state index is 0. The number of nitrogens with two attached hydrogens (primary N) is 1. The summed E-state index contributed by atoms with van der Waals surface area (Å²) in [6.07, 6.45) is 7.03. The minimum Gasteiger partial charge on any atom is -0.658 e. The molecule has 8 atom stereocenters. The van der Waals surface area contributed by atoms with Crippen LogP contribution >= 0.6 is 0 Å². The summed E-state index contributed by atoms with van der Waals surface area (Å²) in [7, 11) is 6.70. The Morgan fingerprint density at radius 2 is 0.973 bits per heavy atom. The van der Waals surface area contributed by atoms with Crippen molar-refractivity contribution in [3.8, 4) is 0 Å². The van der Waals surface area contributed by atoms with Crippen LogP contribution in [0.25, 0.3) is 10.6 Å². The fourth-order valence-electron chi connectivity index (χ4n) is 10.6. The molecule has 402 valence electrons. The third kappa shape index (κ3) is 17.0. The van der Waals surface area contributed by atoms with Gasteiger partial charge in [-0.2, -0.15) is 0 Å². The number of carbonyl (C=O) groups is 6. The number of rotatable bonds is 8. The molecule has 2 saturated heterocycles. The van der Waals surface area contributed by atoms with Crippen molar-refractivity contribution in [2.45, 2.75) is 142 Å². The number of nitrogens with zero attached hydrogens (tertiary/aromatic N) is 4. The second-order valence-electron chi connectivity index (χ2n) is 19.7. The van der Waals surface area contributed by atoms with E-state index in [2.05, 4.69) is 62.6 Å². The summed E-state index contributed by atoms with van der Waals surface area (Å²) in [5, 5.41) is 16.6. The number of benzene rings is 4. The largest absolute Gasteiger partial charge is 0.658 e. The summed E-state index contributed by atoms with van der Waals surface area (Å²) in [6.45, 7) is 20.4. The zero-order chi connectivity index (χ0) is 54.2. The fraction of sp³-hybridized carbons (Fsp3) is 0.475. The van der Waals surface area contributed by atoms with Crippen molar-refractivity contribution in [1.82, 2.24) is 9.80 Å². The molecule has 3 N–H and O–H groups in total. The van der Waals surface area contributed by atoms with Crippen LogP contribution in [0.4, 0.5) is 0 Å². The van der Waals surface area contributed by atoms with Crippen LogP contribution in [0.1, 0.15) is 152 Å². The number of ketones is 1. The van der Waals surface area contributed by atoms with Gasteiger partial charge in [-0.15, -0.1) is 24.9 Å². The first-order valence-electron chi connectivity index (χ1n) is 26.2. The van der Waals surface area contributed by atoms with E-state index < -0.39 is 16.8 Å². The number of hydrogen-bond acceptors (Lipinski definition) is 7. The van der Waals surface area contributed by atoms with Crippen LogP contribution in [-0.4, -0.2) is 96.6 Å². The van der Waals surface area contributed by atoms with Crippen LogP contribution in [0.5, 0.6) is 0 Å². The van der Waals surface area contributed by atoms with Gasteiger partial charge in [0.15, 0.2) is 5.78 Å². The molecule has 2 fully saturated rings. The van der Waals surface area contributed by atoms with Crippen molar-refractivity contribution in [3.63, 3.8) is 0 Å². The summed E-state index contributed by atoms with van der Waals surface area (Å²) < 4.78 is 0. The molecule has 8 rings (SSSR count). The predicted molar refractivity (Wildman–Crippen MR) is 292 cm³/mol. The van der Waals surface area contributed by atoms with Gasteiger partial charge in [0.1, 0.15) is 0 Å². The normalized spacial score (nSPS) is 24.5. The van der Waals surface area contributed by atoms with E-state index in [4.69, 9.17) is 10.8 Å². The average molecular weight is 1170 g/mol. The van der Waals surface area contributed by atoms with Gasteiger partial charge in [-0.25, -0.2) is 4.79 Å². The fourth-order valence-corrected chi connectivity index (χ4v) is 10.6. The number of amides is 4. The molecule has 14 heteroatoms. The zero-order valence-corrected chi connectivity index (χ0v) is 52.0. The van der Waals surface area contributed by atoms with Gasteiger partial charge in [0.25, 0.3) is 0 Å². The van der Waals surface area contributed by atoms with Crippen LogP contribution in [-0.2, 0) is 110 Å². The number of carboxylic acid groups (broad SMARTS) is 1. The second-order valence-corrected chi connectivity index (χ2v) is 19.7. The summed E-state index contributed by atoms with van der Waals surface area (Å²) in [6, 6.07) is 31.5. The Balaban J connectivity index is 0.000000399. The van der Waals surface area contributed by atoms with Gasteiger partial charge in [0.2, 0.25) is 11.8 Å². The van der Waals surface area contributed by atoms with E-state index >= 15 is 0 Å². The Morgan fingerprint density at radius 3 is 1.39 bits per heavy atom. The maximum absolute atomic E-state index is 13.3. The molecule has 4 aromatic rings. The third-order valence-electron chi connectivity index (χ3n) is 15.5. The van der Waals surface area contributed by atoms with E-state index in [0.29, 0.717) is 62.0 Å². The van der Waals surface area contributed by atoms with Crippen molar-refractivity contribution < 1.29 is 99.3 Å². The van der Waals surface area contributed by atoms with Crippen LogP contribution in [0.3, 0.4) is 0 Å².